The number of ether oxygens (including phenoxy) is 1. The third-order valence-corrected chi connectivity index (χ3v) is 9.08. The van der Waals surface area contributed by atoms with Crippen LogP contribution in [0, 0.1) is 6.92 Å². The van der Waals surface area contributed by atoms with E-state index in [0.29, 0.717) is 18.6 Å². The highest BCUT2D eigenvalue weighted by atomic mass is 79.9. The summed E-state index contributed by atoms with van der Waals surface area (Å²) >= 11 is 3.52. The van der Waals surface area contributed by atoms with Crippen LogP contribution in [-0.2, 0) is 20.4 Å². The Kier molecular flexibility index (Phi) is 10.0. The number of fused-ring (bicyclic) bond motifs is 1. The molecule has 1 aliphatic heterocycles. The first-order valence-corrected chi connectivity index (χ1v) is 14.6. The molecule has 11 heteroatoms. The molecule has 9 nitrogen and oxygen atoms in total. The third kappa shape index (κ3) is 7.44. The van der Waals surface area contributed by atoms with E-state index in [1.807, 2.05) is 12.1 Å². The fourth-order valence-corrected chi connectivity index (χ4v) is 6.81. The van der Waals surface area contributed by atoms with Crippen molar-refractivity contribution < 1.29 is 20.3 Å². The number of hydrogen-bond donors (Lipinski definition) is 2. The van der Waals surface area contributed by atoms with Crippen LogP contribution in [0.1, 0.15) is 60.2 Å². The number of aliphatic hydroxyl groups excluding tert-OH is 1. The lowest BCUT2D eigenvalue weighted by atomic mass is 10.1. The molecule has 3 aromatic rings. The van der Waals surface area contributed by atoms with Crippen LogP contribution in [0.2, 0.25) is 0 Å². The molecule has 2 heterocycles. The molecule has 214 valence electrons. The van der Waals surface area contributed by atoms with E-state index in [1.165, 1.54) is 18.2 Å². The molecule has 1 fully saturated rings. The number of aryl methyl sites for hydroxylation is 1. The number of benzene rings is 2. The number of nitrogens with zero attached hydrogens (tertiary/aromatic N) is 2. The van der Waals surface area contributed by atoms with Gasteiger partial charge in [0, 0.05) is 36.1 Å². The number of hydrogen-bond acceptors (Lipinski definition) is 7. The summed E-state index contributed by atoms with van der Waals surface area (Å²) in [6, 6.07) is 12.7. The fraction of sp³-hybridized carbons (Fsp3) is 0.500. The summed E-state index contributed by atoms with van der Waals surface area (Å²) in [7, 11) is -0.297. The summed E-state index contributed by atoms with van der Waals surface area (Å²) in [5, 5.41) is 6.94. The smallest absolute Gasteiger partial charge is 0.330 e. The number of nitrogens with one attached hydrogen (secondary N) is 1. The topological polar surface area (TPSA) is 106 Å². The number of aliphatic hydroxyl groups is 1. The maximum absolute atomic E-state index is 12.5. The van der Waals surface area contributed by atoms with Crippen molar-refractivity contribution in [3.05, 3.63) is 79.0 Å². The molecule has 0 aliphatic carbocycles. The molecule has 0 saturated carbocycles. The predicted molar refractivity (Wildman–Crippen MR) is 159 cm³/mol. The normalized spacial score (nSPS) is 20.7. The number of aromatic nitrogens is 2. The fourth-order valence-electron chi connectivity index (χ4n) is 4.66. The van der Waals surface area contributed by atoms with Crippen LogP contribution in [-0.4, -0.2) is 51.7 Å². The van der Waals surface area contributed by atoms with Gasteiger partial charge in [-0.15, -0.1) is 0 Å². The van der Waals surface area contributed by atoms with Crippen LogP contribution in [0.5, 0.6) is 0 Å². The van der Waals surface area contributed by atoms with Gasteiger partial charge in [-0.3, -0.25) is 14.3 Å². The lowest BCUT2D eigenvalue weighted by molar-refractivity contribution is -0.0441. The molecule has 4 rings (SSSR count). The monoisotopic (exact) mass is 626 g/mol. The van der Waals surface area contributed by atoms with E-state index in [-0.39, 0.29) is 18.7 Å². The highest BCUT2D eigenvalue weighted by molar-refractivity contribution is 9.10. The van der Waals surface area contributed by atoms with E-state index >= 15 is 0 Å². The van der Waals surface area contributed by atoms with Crippen LogP contribution in [0.15, 0.2) is 56.7 Å². The Morgan fingerprint density at radius 1 is 1.26 bits per heavy atom. The molecule has 2 N–H and O–H groups in total. The van der Waals surface area contributed by atoms with Crippen molar-refractivity contribution >= 4 is 35.2 Å². The van der Waals surface area contributed by atoms with E-state index in [9.17, 15) is 9.59 Å². The molecule has 4 atom stereocenters. The van der Waals surface area contributed by atoms with Crippen molar-refractivity contribution in [2.24, 2.45) is 0 Å². The van der Waals surface area contributed by atoms with Crippen LogP contribution in [0.3, 0.4) is 0 Å². The van der Waals surface area contributed by atoms with Gasteiger partial charge in [0.25, 0.3) is 14.1 Å². The van der Waals surface area contributed by atoms with Gasteiger partial charge in [0.2, 0.25) is 1.43 Å². The van der Waals surface area contributed by atoms with Gasteiger partial charge in [0.1, 0.15) is 12.3 Å². The molecule has 1 saturated heterocycles. The van der Waals surface area contributed by atoms with Gasteiger partial charge in [-0.1, -0.05) is 41.5 Å². The zero-order chi connectivity index (χ0) is 30.3. The van der Waals surface area contributed by atoms with Gasteiger partial charge in [0.05, 0.1) is 19.3 Å². The first-order chi connectivity index (χ1) is 19.6. The summed E-state index contributed by atoms with van der Waals surface area (Å²) in [5.74, 6) is 0. The van der Waals surface area contributed by atoms with Crippen molar-refractivity contribution in [1.82, 2.24) is 14.2 Å². The van der Waals surface area contributed by atoms with E-state index < -0.39 is 38.2 Å². The van der Waals surface area contributed by atoms with Gasteiger partial charge in [0.15, 0.2) is 0 Å². The van der Waals surface area contributed by atoms with E-state index in [1.54, 1.807) is 6.92 Å². The van der Waals surface area contributed by atoms with E-state index in [0.717, 1.165) is 20.8 Å². The maximum Gasteiger partial charge on any atom is 0.330 e. The first-order valence-electron chi connectivity index (χ1n) is 14.1. The molecule has 0 radical (unpaired) electrons. The largest absolute Gasteiger partial charge is 0.394 e. The molecule has 1 aromatic heterocycles. The average Bonchev–Trinajstić information content (AvgIpc) is 3.32. The Hall–Kier alpha value is -1.91. The highest BCUT2D eigenvalue weighted by Gasteiger charge is 2.41. The zero-order valence-corrected chi connectivity index (χ0v) is 25.7. The lowest BCUT2D eigenvalue weighted by Crippen LogP contribution is -2.36. The van der Waals surface area contributed by atoms with Gasteiger partial charge in [-0.05, 0) is 69.2 Å². The quantitative estimate of drug-likeness (QED) is 0.266. The molecule has 0 amide bonds. The van der Waals surface area contributed by atoms with Crippen molar-refractivity contribution in [1.29, 1.82) is 1.43 Å². The Bertz CT molecular complexity index is 1400. The van der Waals surface area contributed by atoms with Gasteiger partial charge >= 0.3 is 5.69 Å². The van der Waals surface area contributed by atoms with Crippen molar-refractivity contribution in [3.63, 3.8) is 0 Å². The molecule has 0 bridgehead atoms. The zero-order valence-electron chi connectivity index (χ0n) is 25.2. The standard InChI is InChI=1S/C27H35BrN3O6P.CH4/c1-16(2)31(17(3)4)38(35-15-19-6-7-21-11-22(28)9-8-20(21)10-19)37-23-12-25(36-24(23)14-32)30-13-18(5)26(33)29-27(30)34;/h6-11,13,16-17,23-25,32H,12,14-15H2,1-5H3,(H,29,33,34);1H4/t23?,24-,25-,38?;/m1./s1/i32D;1T. The van der Waals surface area contributed by atoms with Crippen LogP contribution >= 0.6 is 24.5 Å². The lowest BCUT2D eigenvalue weighted by Gasteiger charge is -2.37. The Balaban J connectivity index is 0.00000226. The van der Waals surface area contributed by atoms with Crippen molar-refractivity contribution in [2.45, 2.75) is 85.6 Å². The molecular weight excluding hydrogens is 585 g/mol. The summed E-state index contributed by atoms with van der Waals surface area (Å²) < 4.78 is 36.8. The number of H-pyrrole nitrogens is 1. The summed E-state index contributed by atoms with van der Waals surface area (Å²) in [6.07, 6.45) is 0.0385. The van der Waals surface area contributed by atoms with Crippen LogP contribution < -0.4 is 11.2 Å². The molecular formula is C28H39BrN3O6P. The van der Waals surface area contributed by atoms with Gasteiger partial charge in [-0.25, -0.2) is 9.46 Å². The second kappa shape index (κ2) is 13.6. The molecule has 39 heavy (non-hydrogen) atoms. The van der Waals surface area contributed by atoms with Crippen LogP contribution in [0.25, 0.3) is 10.8 Å². The number of rotatable bonds is 11. The SMILES string of the molecule is [2H]OC[C@H]1O[C@@H](n2cc(C)c(=O)[nH]c2=O)CC1OP(OCc1ccc2cc(Br)ccc2c1)N(C(C)C)C(C)C.[3H]C. The Labute approximate surface area is 242 Å². The predicted octanol–water partition coefficient (Wildman–Crippen LogP) is 5.62. The minimum Gasteiger partial charge on any atom is -0.394 e. The molecule has 2 aromatic carbocycles. The second-order valence-electron chi connectivity index (χ2n) is 10.1. The molecule has 2 unspecified atom stereocenters. The van der Waals surface area contributed by atoms with E-state index in [4.69, 9.17) is 16.6 Å². The number of aromatic amines is 1. The minimum atomic E-state index is -1.55. The first kappa shape index (κ1) is 28.6. The number of halogens is 1. The summed E-state index contributed by atoms with van der Waals surface area (Å²) in [5.41, 5.74) is 0.427. The van der Waals surface area contributed by atoms with Crippen LogP contribution in [0.4, 0.5) is 0 Å². The minimum absolute atomic E-state index is 0.0367. The summed E-state index contributed by atoms with van der Waals surface area (Å²) in [6.45, 7) is 10.3. The van der Waals surface area contributed by atoms with Crippen molar-refractivity contribution in [2.75, 3.05) is 6.61 Å². The Morgan fingerprint density at radius 3 is 2.64 bits per heavy atom. The van der Waals surface area contributed by atoms with Crippen molar-refractivity contribution in [3.8, 4) is 0 Å². The third-order valence-electron chi connectivity index (χ3n) is 6.48. The summed E-state index contributed by atoms with van der Waals surface area (Å²) in [4.78, 5) is 26.7. The van der Waals surface area contributed by atoms with Gasteiger partial charge < -0.3 is 18.9 Å². The average molecular weight is 628 g/mol. The second-order valence-corrected chi connectivity index (χ2v) is 12.4. The van der Waals surface area contributed by atoms with Gasteiger partial charge in [-0.2, -0.15) is 0 Å². The highest BCUT2D eigenvalue weighted by Crippen LogP contribution is 2.50. The van der Waals surface area contributed by atoms with E-state index in [2.05, 4.69) is 82.7 Å². The molecule has 1 aliphatic rings. The Morgan fingerprint density at radius 2 is 1.95 bits per heavy atom. The maximum atomic E-state index is 12.5. The molecule has 0 spiro atoms.